The summed E-state index contributed by atoms with van der Waals surface area (Å²) < 4.78 is 0. The predicted octanol–water partition coefficient (Wildman–Crippen LogP) is 3.32. The lowest BCUT2D eigenvalue weighted by Gasteiger charge is -2.26. The Bertz CT molecular complexity index is 726. The lowest BCUT2D eigenvalue weighted by Crippen LogP contribution is -2.40. The summed E-state index contributed by atoms with van der Waals surface area (Å²) in [7, 11) is 0. The monoisotopic (exact) mass is 346 g/mol. The van der Waals surface area contributed by atoms with Gasteiger partial charge in [0.15, 0.2) is 0 Å². The highest BCUT2D eigenvalue weighted by atomic mass is 32.1. The van der Waals surface area contributed by atoms with E-state index in [0.29, 0.717) is 13.1 Å². The fraction of sp³-hybridized carbons (Fsp3) is 0.412. The van der Waals surface area contributed by atoms with Gasteiger partial charge in [0.2, 0.25) is 5.91 Å². The number of anilines is 1. The molecule has 4 heterocycles. The molecule has 4 nitrogen and oxygen atoms in total. The van der Waals surface area contributed by atoms with E-state index in [1.807, 2.05) is 44.1 Å². The zero-order valence-electron chi connectivity index (χ0n) is 12.9. The maximum absolute atomic E-state index is 13.1. The summed E-state index contributed by atoms with van der Waals surface area (Å²) in [6.45, 7) is 4.07. The maximum atomic E-state index is 13.1. The van der Waals surface area contributed by atoms with Gasteiger partial charge in [0.1, 0.15) is 0 Å². The molecule has 2 atom stereocenters. The molecule has 0 radical (unpaired) electrons. The number of hydrogen-bond acceptors (Lipinski definition) is 4. The Kier molecular flexibility index (Phi) is 3.54. The summed E-state index contributed by atoms with van der Waals surface area (Å²) >= 11 is 3.07. The fourth-order valence-corrected chi connectivity index (χ4v) is 5.16. The van der Waals surface area contributed by atoms with Crippen molar-refractivity contribution in [2.75, 3.05) is 24.5 Å². The first-order chi connectivity index (χ1) is 11.1. The van der Waals surface area contributed by atoms with Crippen LogP contribution in [0.5, 0.6) is 0 Å². The topological polar surface area (TPSA) is 40.6 Å². The SMILES string of the molecule is C[C@@H]1CN(C(=O)c2cccs2)C[C@]12CCN(c1ccsc1)C2=O. The first-order valence-electron chi connectivity index (χ1n) is 7.79. The van der Waals surface area contributed by atoms with Crippen LogP contribution in [0, 0.1) is 11.3 Å². The number of amides is 2. The largest absolute Gasteiger partial charge is 0.337 e. The molecular weight excluding hydrogens is 328 g/mol. The van der Waals surface area contributed by atoms with Crippen LogP contribution in [-0.2, 0) is 4.79 Å². The summed E-state index contributed by atoms with van der Waals surface area (Å²) in [6, 6.07) is 5.75. The van der Waals surface area contributed by atoms with Gasteiger partial charge in [0.25, 0.3) is 5.91 Å². The van der Waals surface area contributed by atoms with Crippen LogP contribution in [0.15, 0.2) is 34.3 Å². The summed E-state index contributed by atoms with van der Waals surface area (Å²) in [6.07, 6.45) is 0.830. The van der Waals surface area contributed by atoms with Crippen LogP contribution in [0.4, 0.5) is 5.69 Å². The number of likely N-dealkylation sites (tertiary alicyclic amines) is 1. The molecule has 2 aromatic heterocycles. The van der Waals surface area contributed by atoms with E-state index in [1.165, 1.54) is 11.3 Å². The van der Waals surface area contributed by atoms with Gasteiger partial charge in [-0.2, -0.15) is 11.3 Å². The summed E-state index contributed by atoms with van der Waals surface area (Å²) in [5.41, 5.74) is 0.585. The molecule has 0 bridgehead atoms. The number of carbonyl (C=O) groups is 2. The highest BCUT2D eigenvalue weighted by molar-refractivity contribution is 7.12. The Labute approximate surface area is 143 Å². The molecule has 0 N–H and O–H groups in total. The zero-order valence-corrected chi connectivity index (χ0v) is 14.5. The van der Waals surface area contributed by atoms with Gasteiger partial charge in [-0.05, 0) is 35.2 Å². The molecule has 0 aliphatic carbocycles. The molecule has 1 spiro atoms. The third-order valence-electron chi connectivity index (χ3n) is 5.20. The minimum Gasteiger partial charge on any atom is -0.337 e. The van der Waals surface area contributed by atoms with Crippen LogP contribution in [0.1, 0.15) is 23.0 Å². The maximum Gasteiger partial charge on any atom is 0.263 e. The average Bonchev–Trinajstić information content (AvgIpc) is 3.31. The van der Waals surface area contributed by atoms with Crippen molar-refractivity contribution < 1.29 is 9.59 Å². The van der Waals surface area contributed by atoms with Crippen LogP contribution in [0.3, 0.4) is 0 Å². The van der Waals surface area contributed by atoms with Crippen molar-refractivity contribution in [1.29, 1.82) is 0 Å². The molecular formula is C17H18N2O2S2. The molecule has 120 valence electrons. The standard InChI is InChI=1S/C17H18N2O2S2/c1-12-9-18(15(20)14-3-2-7-23-14)11-17(12)5-6-19(16(17)21)13-4-8-22-10-13/h2-4,7-8,10,12H,5-6,9,11H2,1H3/t12-,17-/m1/s1. The molecule has 0 aromatic carbocycles. The molecule has 2 aromatic rings. The van der Waals surface area contributed by atoms with Crippen LogP contribution < -0.4 is 4.90 Å². The van der Waals surface area contributed by atoms with Gasteiger partial charge in [0, 0.05) is 25.0 Å². The fourth-order valence-electron chi connectivity index (χ4n) is 3.83. The molecule has 6 heteroatoms. The van der Waals surface area contributed by atoms with E-state index in [9.17, 15) is 9.59 Å². The second-order valence-corrected chi connectivity index (χ2v) is 8.14. The lowest BCUT2D eigenvalue weighted by atomic mass is 9.78. The van der Waals surface area contributed by atoms with Gasteiger partial charge in [-0.15, -0.1) is 11.3 Å². The first kappa shape index (κ1) is 14.9. The molecule has 2 fully saturated rings. The van der Waals surface area contributed by atoms with Gasteiger partial charge in [-0.3, -0.25) is 9.59 Å². The average molecular weight is 346 g/mol. The van der Waals surface area contributed by atoms with E-state index >= 15 is 0 Å². The summed E-state index contributed by atoms with van der Waals surface area (Å²) in [4.78, 5) is 30.2. The van der Waals surface area contributed by atoms with Crippen LogP contribution in [0.25, 0.3) is 0 Å². The molecule has 2 aliphatic rings. The quantitative estimate of drug-likeness (QED) is 0.837. The van der Waals surface area contributed by atoms with Crippen molar-refractivity contribution >= 4 is 40.2 Å². The highest BCUT2D eigenvalue weighted by Crippen LogP contribution is 2.46. The molecule has 4 rings (SSSR count). The molecule has 0 unspecified atom stereocenters. The van der Waals surface area contributed by atoms with E-state index in [0.717, 1.165) is 23.5 Å². The minimum atomic E-state index is -0.408. The molecule has 2 saturated heterocycles. The Balaban J connectivity index is 1.58. The van der Waals surface area contributed by atoms with E-state index in [-0.39, 0.29) is 17.7 Å². The number of hydrogen-bond donors (Lipinski definition) is 0. The van der Waals surface area contributed by atoms with E-state index in [1.54, 1.807) is 11.3 Å². The van der Waals surface area contributed by atoms with Gasteiger partial charge in [-0.1, -0.05) is 13.0 Å². The summed E-state index contributed by atoms with van der Waals surface area (Å²) in [5, 5.41) is 5.94. The zero-order chi connectivity index (χ0) is 16.0. The number of carbonyl (C=O) groups excluding carboxylic acids is 2. The van der Waals surface area contributed by atoms with Crippen LogP contribution >= 0.6 is 22.7 Å². The van der Waals surface area contributed by atoms with Crippen molar-refractivity contribution in [2.45, 2.75) is 13.3 Å². The van der Waals surface area contributed by atoms with Crippen LogP contribution in [-0.4, -0.2) is 36.3 Å². The second kappa shape index (κ2) is 5.46. The highest BCUT2D eigenvalue weighted by Gasteiger charge is 2.56. The second-order valence-electron chi connectivity index (χ2n) is 6.41. The van der Waals surface area contributed by atoms with Crippen molar-refractivity contribution in [2.24, 2.45) is 11.3 Å². The van der Waals surface area contributed by atoms with Gasteiger partial charge in [0.05, 0.1) is 16.0 Å². The number of thiophene rings is 2. The van der Waals surface area contributed by atoms with Gasteiger partial charge >= 0.3 is 0 Å². The van der Waals surface area contributed by atoms with Crippen molar-refractivity contribution in [1.82, 2.24) is 4.90 Å². The normalized spacial score (nSPS) is 27.3. The van der Waals surface area contributed by atoms with Crippen molar-refractivity contribution in [3.63, 3.8) is 0 Å². The third-order valence-corrected chi connectivity index (χ3v) is 6.73. The van der Waals surface area contributed by atoms with E-state index in [4.69, 9.17) is 0 Å². The number of nitrogens with zero attached hydrogens (tertiary/aromatic N) is 2. The van der Waals surface area contributed by atoms with Crippen molar-refractivity contribution in [3.8, 4) is 0 Å². The predicted molar refractivity (Wildman–Crippen MR) is 93.1 cm³/mol. The summed E-state index contributed by atoms with van der Waals surface area (Å²) in [5.74, 6) is 0.443. The molecule has 2 amide bonds. The molecule has 23 heavy (non-hydrogen) atoms. The Morgan fingerprint density at radius 2 is 2.22 bits per heavy atom. The van der Waals surface area contributed by atoms with Gasteiger partial charge in [-0.25, -0.2) is 0 Å². The molecule has 0 saturated carbocycles. The molecule has 2 aliphatic heterocycles. The van der Waals surface area contributed by atoms with E-state index < -0.39 is 5.41 Å². The van der Waals surface area contributed by atoms with Gasteiger partial charge < -0.3 is 9.80 Å². The number of rotatable bonds is 2. The lowest BCUT2D eigenvalue weighted by molar-refractivity contribution is -0.126. The smallest absolute Gasteiger partial charge is 0.263 e. The van der Waals surface area contributed by atoms with E-state index in [2.05, 4.69) is 6.92 Å². The first-order valence-corrected chi connectivity index (χ1v) is 9.61. The van der Waals surface area contributed by atoms with Crippen molar-refractivity contribution in [3.05, 3.63) is 39.2 Å². The third kappa shape index (κ3) is 2.23. The minimum absolute atomic E-state index is 0.0607. The Morgan fingerprint density at radius 1 is 1.35 bits per heavy atom. The Morgan fingerprint density at radius 3 is 2.91 bits per heavy atom. The van der Waals surface area contributed by atoms with Crippen LogP contribution in [0.2, 0.25) is 0 Å². The Hall–Kier alpha value is -1.66.